The molecule has 0 saturated carbocycles. The second-order valence-electron chi connectivity index (χ2n) is 10.0. The van der Waals surface area contributed by atoms with Gasteiger partial charge in [0, 0.05) is 29.1 Å². The smallest absolute Gasteiger partial charge is 0.267 e. The van der Waals surface area contributed by atoms with E-state index in [9.17, 15) is 33.4 Å². The van der Waals surface area contributed by atoms with Gasteiger partial charge in [-0.1, -0.05) is 66.2 Å². The minimum absolute atomic E-state index is 0.00898. The number of rotatable bonds is 9. The van der Waals surface area contributed by atoms with Crippen LogP contribution in [0.3, 0.4) is 0 Å². The van der Waals surface area contributed by atoms with Crippen LogP contribution >= 0.6 is 11.6 Å². The van der Waals surface area contributed by atoms with Gasteiger partial charge in [0.05, 0.1) is 12.6 Å². The third kappa shape index (κ3) is 7.20. The summed E-state index contributed by atoms with van der Waals surface area (Å²) in [4.78, 5) is 40.3. The average Bonchev–Trinajstić information content (AvgIpc) is 3.28. The van der Waals surface area contributed by atoms with Gasteiger partial charge in [0.25, 0.3) is 17.7 Å². The molecule has 1 aliphatic rings. The topological polar surface area (TPSA) is 119 Å². The summed E-state index contributed by atoms with van der Waals surface area (Å²) < 4.78 is 29.1. The molecule has 1 saturated heterocycles. The zero-order chi connectivity index (χ0) is 29.7. The van der Waals surface area contributed by atoms with Crippen LogP contribution in [-0.4, -0.2) is 63.5 Å². The Labute approximate surface area is 240 Å². The highest BCUT2D eigenvalue weighted by molar-refractivity contribution is 6.31. The van der Waals surface area contributed by atoms with Gasteiger partial charge in [-0.3, -0.25) is 14.4 Å². The molecule has 41 heavy (non-hydrogen) atoms. The van der Waals surface area contributed by atoms with Gasteiger partial charge in [0.2, 0.25) is 5.91 Å². The fraction of sp³-hybridized carbons (Fsp3) is 0.300. The number of aromatic hydroxyl groups is 1. The van der Waals surface area contributed by atoms with Crippen molar-refractivity contribution in [2.45, 2.75) is 50.4 Å². The van der Waals surface area contributed by atoms with Crippen LogP contribution in [0.4, 0.5) is 8.78 Å². The lowest BCUT2D eigenvalue weighted by Gasteiger charge is -2.30. The number of likely N-dealkylation sites (tertiary alicyclic amines) is 1. The van der Waals surface area contributed by atoms with Crippen molar-refractivity contribution >= 4 is 29.3 Å². The predicted molar refractivity (Wildman–Crippen MR) is 149 cm³/mol. The van der Waals surface area contributed by atoms with Crippen LogP contribution in [0.15, 0.2) is 72.8 Å². The Kier molecular flexibility index (Phi) is 9.25. The number of halogens is 3. The van der Waals surface area contributed by atoms with E-state index in [0.29, 0.717) is 26.6 Å². The average molecular weight is 586 g/mol. The highest BCUT2D eigenvalue weighted by Gasteiger charge is 2.51. The van der Waals surface area contributed by atoms with Crippen LogP contribution in [0.2, 0.25) is 5.02 Å². The zero-order valence-electron chi connectivity index (χ0n) is 22.2. The summed E-state index contributed by atoms with van der Waals surface area (Å²) in [7, 11) is 0. The number of hydrogen-bond acceptors (Lipinski definition) is 5. The SMILES string of the molecule is Cc1c(O)cccc1C(=O)NC(Cc1ccccc1)C(O)C(=O)N1CC(F)(F)CC1C(=O)NCc1ccccc1Cl. The van der Waals surface area contributed by atoms with E-state index in [0.717, 1.165) is 0 Å². The first-order chi connectivity index (χ1) is 19.5. The molecule has 3 aromatic rings. The van der Waals surface area contributed by atoms with E-state index in [2.05, 4.69) is 10.6 Å². The Hall–Kier alpha value is -4.02. The van der Waals surface area contributed by atoms with E-state index in [4.69, 9.17) is 11.6 Å². The van der Waals surface area contributed by atoms with Crippen LogP contribution < -0.4 is 10.6 Å². The molecule has 1 aliphatic heterocycles. The summed E-state index contributed by atoms with van der Waals surface area (Å²) in [6.07, 6.45) is -2.88. The molecule has 216 valence electrons. The Morgan fingerprint density at radius 2 is 1.73 bits per heavy atom. The molecule has 3 amide bonds. The van der Waals surface area contributed by atoms with E-state index in [1.807, 2.05) is 0 Å². The first kappa shape index (κ1) is 30.0. The lowest BCUT2D eigenvalue weighted by atomic mass is 9.98. The van der Waals surface area contributed by atoms with Gasteiger partial charge in [0.1, 0.15) is 11.8 Å². The molecule has 0 aromatic heterocycles. The van der Waals surface area contributed by atoms with Crippen molar-refractivity contribution in [3.05, 3.63) is 100 Å². The number of carbonyl (C=O) groups is 3. The van der Waals surface area contributed by atoms with E-state index in [1.54, 1.807) is 54.6 Å². The van der Waals surface area contributed by atoms with Crippen LogP contribution in [0.25, 0.3) is 0 Å². The maximum Gasteiger partial charge on any atom is 0.267 e. The number of hydrogen-bond donors (Lipinski definition) is 4. The quantitative estimate of drug-likeness (QED) is 0.306. The summed E-state index contributed by atoms with van der Waals surface area (Å²) >= 11 is 6.12. The minimum atomic E-state index is -3.36. The van der Waals surface area contributed by atoms with Crippen LogP contribution in [0.1, 0.15) is 33.5 Å². The minimum Gasteiger partial charge on any atom is -0.508 e. The van der Waals surface area contributed by atoms with E-state index < -0.39 is 54.8 Å². The summed E-state index contributed by atoms with van der Waals surface area (Å²) in [5, 5.41) is 26.8. The highest BCUT2D eigenvalue weighted by Crippen LogP contribution is 2.33. The Bertz CT molecular complexity index is 1420. The molecular weight excluding hydrogens is 556 g/mol. The van der Waals surface area contributed by atoms with E-state index >= 15 is 0 Å². The molecule has 3 aromatic carbocycles. The normalized spacial score (nSPS) is 17.5. The first-order valence-electron chi connectivity index (χ1n) is 13.0. The predicted octanol–water partition coefficient (Wildman–Crippen LogP) is 3.61. The van der Waals surface area contributed by atoms with Gasteiger partial charge in [-0.2, -0.15) is 0 Å². The number of amides is 3. The summed E-state index contributed by atoms with van der Waals surface area (Å²) in [5.41, 5.74) is 1.64. The molecule has 8 nitrogen and oxygen atoms in total. The van der Waals surface area contributed by atoms with Crippen LogP contribution in [0, 0.1) is 6.92 Å². The van der Waals surface area contributed by atoms with Crippen molar-refractivity contribution in [1.82, 2.24) is 15.5 Å². The number of benzene rings is 3. The van der Waals surface area contributed by atoms with E-state index in [1.165, 1.54) is 25.1 Å². The third-order valence-electron chi connectivity index (χ3n) is 7.07. The number of alkyl halides is 2. The highest BCUT2D eigenvalue weighted by atomic mass is 35.5. The fourth-order valence-electron chi connectivity index (χ4n) is 4.79. The Balaban J connectivity index is 1.55. The van der Waals surface area contributed by atoms with Crippen molar-refractivity contribution in [2.75, 3.05) is 6.54 Å². The maximum absolute atomic E-state index is 14.5. The lowest BCUT2D eigenvalue weighted by molar-refractivity contribution is -0.147. The molecule has 0 spiro atoms. The standard InChI is InChI=1S/C30H30ClF2N3O5/c1-18-21(11-7-13-25(18)37)27(39)35-23(14-19-8-3-2-4-9-19)26(38)29(41)36-17-30(32,33)15-24(36)28(40)34-16-20-10-5-6-12-22(20)31/h2-13,23-24,26,37-38H,14-17H2,1H3,(H,34,40)(H,35,39). The number of carbonyl (C=O) groups excluding carboxylic acids is 3. The number of aliphatic hydroxyl groups excluding tert-OH is 1. The van der Waals surface area contributed by atoms with Crippen molar-refractivity contribution in [2.24, 2.45) is 0 Å². The molecule has 4 N–H and O–H groups in total. The van der Waals surface area contributed by atoms with Gasteiger partial charge >= 0.3 is 0 Å². The number of nitrogens with zero attached hydrogens (tertiary/aromatic N) is 1. The number of nitrogens with one attached hydrogen (secondary N) is 2. The molecule has 3 atom stereocenters. The molecule has 1 heterocycles. The molecule has 0 bridgehead atoms. The Morgan fingerprint density at radius 3 is 2.44 bits per heavy atom. The molecule has 11 heteroatoms. The van der Waals surface area contributed by atoms with Crippen molar-refractivity contribution in [1.29, 1.82) is 0 Å². The summed E-state index contributed by atoms with van der Waals surface area (Å²) in [5.74, 6) is -6.08. The van der Waals surface area contributed by atoms with Crippen LogP contribution in [0.5, 0.6) is 5.75 Å². The fourth-order valence-corrected chi connectivity index (χ4v) is 4.99. The second kappa shape index (κ2) is 12.7. The Morgan fingerprint density at radius 1 is 1.05 bits per heavy atom. The molecule has 4 rings (SSSR count). The monoisotopic (exact) mass is 585 g/mol. The van der Waals surface area contributed by atoms with Gasteiger partial charge < -0.3 is 25.7 Å². The number of phenols is 1. The largest absolute Gasteiger partial charge is 0.508 e. The van der Waals surface area contributed by atoms with E-state index in [-0.39, 0.29) is 24.3 Å². The zero-order valence-corrected chi connectivity index (χ0v) is 22.9. The van der Waals surface area contributed by atoms with Gasteiger partial charge in [-0.05, 0) is 42.7 Å². The third-order valence-corrected chi connectivity index (χ3v) is 7.43. The maximum atomic E-state index is 14.5. The first-order valence-corrected chi connectivity index (χ1v) is 13.4. The number of aliphatic hydroxyl groups is 1. The lowest BCUT2D eigenvalue weighted by Crippen LogP contribution is -2.56. The van der Waals surface area contributed by atoms with Crippen molar-refractivity contribution < 1.29 is 33.4 Å². The molecule has 1 fully saturated rings. The molecule has 3 unspecified atom stereocenters. The van der Waals surface area contributed by atoms with Gasteiger partial charge in [-0.25, -0.2) is 8.78 Å². The second-order valence-corrected chi connectivity index (χ2v) is 10.4. The molecule has 0 aliphatic carbocycles. The van der Waals surface area contributed by atoms with Crippen molar-refractivity contribution in [3.63, 3.8) is 0 Å². The van der Waals surface area contributed by atoms with Gasteiger partial charge in [-0.15, -0.1) is 0 Å². The molecule has 0 radical (unpaired) electrons. The van der Waals surface area contributed by atoms with Crippen molar-refractivity contribution in [3.8, 4) is 5.75 Å². The summed E-state index contributed by atoms with van der Waals surface area (Å²) in [6, 6.07) is 17.0. The van der Waals surface area contributed by atoms with Gasteiger partial charge in [0.15, 0.2) is 6.10 Å². The number of phenolic OH excluding ortho intramolecular Hbond substituents is 1. The summed E-state index contributed by atoms with van der Waals surface area (Å²) in [6.45, 7) is 0.433. The van der Waals surface area contributed by atoms with Crippen LogP contribution in [-0.2, 0) is 22.6 Å². The molecular formula is C30H30ClF2N3O5.